The number of sulfone groups is 1. The molecule has 0 spiro atoms. The number of rotatable bonds is 16. The molecule has 70 heavy (non-hydrogen) atoms. The number of halogens is 6. The largest absolute Gasteiger partial charge is 0.490 e. The summed E-state index contributed by atoms with van der Waals surface area (Å²) >= 11 is 13.7. The van der Waals surface area contributed by atoms with E-state index < -0.39 is 73.0 Å². The molecule has 0 saturated carbocycles. The van der Waals surface area contributed by atoms with Crippen molar-refractivity contribution in [3.05, 3.63) is 128 Å². The van der Waals surface area contributed by atoms with Crippen molar-refractivity contribution < 1.29 is 54.5 Å². The quantitative estimate of drug-likeness (QED) is 0.104. The van der Waals surface area contributed by atoms with Gasteiger partial charge in [-0.05, 0) is 116 Å². The molecule has 0 bridgehead atoms. The molecular weight excluding hydrogens is 992 g/mol. The van der Waals surface area contributed by atoms with E-state index >= 15 is 8.78 Å². The van der Waals surface area contributed by atoms with Crippen molar-refractivity contribution in [2.75, 3.05) is 37.9 Å². The van der Waals surface area contributed by atoms with Crippen molar-refractivity contribution >= 4 is 56.6 Å². The lowest BCUT2D eigenvalue weighted by atomic mass is 9.60. The van der Waals surface area contributed by atoms with Gasteiger partial charge in [-0.3, -0.25) is 9.59 Å². The second-order valence-electron chi connectivity index (χ2n) is 19.5. The maximum atomic E-state index is 15.4. The molecule has 4 heterocycles. The van der Waals surface area contributed by atoms with E-state index in [0.29, 0.717) is 60.1 Å². The van der Waals surface area contributed by atoms with Gasteiger partial charge in [-0.2, -0.15) is 0 Å². The number of thioether (sulfide) groups is 1. The van der Waals surface area contributed by atoms with E-state index in [0.717, 1.165) is 29.3 Å². The first-order valence-corrected chi connectivity index (χ1v) is 27.1. The Balaban J connectivity index is 0.000000207. The lowest BCUT2D eigenvalue weighted by Crippen LogP contribution is -2.55. The molecule has 0 aliphatic carbocycles. The third-order valence-corrected chi connectivity index (χ3v) is 18.9. The van der Waals surface area contributed by atoms with Crippen LogP contribution in [-0.2, 0) is 52.6 Å². The zero-order chi connectivity index (χ0) is 50.7. The molecule has 4 aliphatic rings. The van der Waals surface area contributed by atoms with Crippen LogP contribution >= 0.6 is 35.0 Å². The number of fused-ring (bicyclic) bond motifs is 6. The Morgan fingerprint density at radius 3 is 1.49 bits per heavy atom. The molecule has 4 aromatic rings. The maximum absolute atomic E-state index is 15.4. The molecule has 18 heteroatoms. The molecule has 4 aromatic carbocycles. The number of carbonyl (C=O) groups excluding carboxylic acids is 2. The van der Waals surface area contributed by atoms with E-state index in [4.69, 9.17) is 53.6 Å². The van der Waals surface area contributed by atoms with Crippen molar-refractivity contribution in [3.63, 3.8) is 0 Å². The van der Waals surface area contributed by atoms with Crippen molar-refractivity contribution in [1.29, 1.82) is 0 Å². The lowest BCUT2D eigenvalue weighted by molar-refractivity contribution is -0.119. The Labute approximate surface area is 421 Å². The normalized spacial score (nSPS) is 24.6. The standard InChI is InChI=1S/C26H30ClF2NO5S.C26H30ClF2NO3S/c1-15(2)24(25(30)31)36(32,33)12-9-21-18-14-35-23-20(29)8-7-19(28)22(23)26(18,10-11-34-21)13-16-3-5-17(27)6-4-16;1-15(2)24(25(30)31)34-12-9-21-18-14-33-23-20(29)8-7-19(28)22(23)26(18,10-11-32-21)13-16-3-5-17(27)6-4-16/h3-8,15,18,21,24H,9-14H2,1-2H3,(H2,30,31);3-8,15,18,21,24H,9-14H2,1-2H3,(H2,30,31)/t2*18-,21-,24?,26-/m00/s1. The van der Waals surface area contributed by atoms with E-state index in [1.54, 1.807) is 26.0 Å². The van der Waals surface area contributed by atoms with Gasteiger partial charge >= 0.3 is 0 Å². The summed E-state index contributed by atoms with van der Waals surface area (Å²) in [5, 5.41) is -0.410. The Bertz CT molecular complexity index is 2630. The van der Waals surface area contributed by atoms with Crippen LogP contribution in [0.15, 0.2) is 72.8 Å². The number of primary amides is 2. The summed E-state index contributed by atoms with van der Waals surface area (Å²) < 4.78 is 110. The van der Waals surface area contributed by atoms with Gasteiger partial charge in [0.1, 0.15) is 16.9 Å². The molecule has 2 unspecified atom stereocenters. The predicted octanol–water partition coefficient (Wildman–Crippen LogP) is 9.74. The van der Waals surface area contributed by atoms with Crippen molar-refractivity contribution in [2.45, 2.75) is 99.8 Å². The highest BCUT2D eigenvalue weighted by Gasteiger charge is 2.55. The first-order chi connectivity index (χ1) is 33.2. The number of amides is 2. The van der Waals surface area contributed by atoms with Gasteiger partial charge in [0, 0.05) is 57.1 Å². The fourth-order valence-electron chi connectivity index (χ4n) is 11.2. The highest BCUT2D eigenvalue weighted by molar-refractivity contribution is 8.00. The molecule has 8 atom stereocenters. The summed E-state index contributed by atoms with van der Waals surface area (Å²) in [6.07, 6.45) is 1.74. The summed E-state index contributed by atoms with van der Waals surface area (Å²) in [4.78, 5) is 23.7. The SMILES string of the molecule is CC(C)C(C(N)=O)S(=O)(=O)CC[C@@H]1OCC[C@@]2(Cc3ccc(Cl)cc3)c3c(F)ccc(F)c3OC[C@@H]12.CC(C)C(SCC[C@@H]1OCC[C@@]2(Cc3ccc(Cl)cc3)c3c(F)ccc(F)c3OC[C@@H]12)C(N)=O. The van der Waals surface area contributed by atoms with Gasteiger partial charge in [0.05, 0.1) is 36.4 Å². The zero-order valence-corrected chi connectivity index (χ0v) is 42.7. The zero-order valence-electron chi connectivity index (χ0n) is 39.5. The van der Waals surface area contributed by atoms with Crippen LogP contribution in [0.25, 0.3) is 0 Å². The third kappa shape index (κ3) is 11.3. The summed E-state index contributed by atoms with van der Waals surface area (Å²) in [5.41, 5.74) is 11.7. The fourth-order valence-corrected chi connectivity index (χ4v) is 14.7. The number of benzene rings is 4. The molecule has 2 amide bonds. The van der Waals surface area contributed by atoms with Crippen LogP contribution in [0.5, 0.6) is 11.5 Å². The summed E-state index contributed by atoms with van der Waals surface area (Å²) in [6, 6.07) is 19.1. The summed E-state index contributed by atoms with van der Waals surface area (Å²) in [7, 11) is -3.86. The van der Waals surface area contributed by atoms with Gasteiger partial charge in [-0.25, -0.2) is 26.0 Å². The van der Waals surface area contributed by atoms with Crippen LogP contribution in [0, 0.1) is 46.9 Å². The minimum atomic E-state index is -3.86. The Hall–Kier alpha value is -4.06. The van der Waals surface area contributed by atoms with Crippen molar-refractivity contribution in [1.82, 2.24) is 0 Å². The minimum absolute atomic E-state index is 0.00818. The minimum Gasteiger partial charge on any atom is -0.490 e. The molecule has 0 aromatic heterocycles. The van der Waals surface area contributed by atoms with E-state index in [1.165, 1.54) is 17.8 Å². The molecule has 0 radical (unpaired) electrons. The van der Waals surface area contributed by atoms with Gasteiger partial charge < -0.3 is 30.4 Å². The van der Waals surface area contributed by atoms with E-state index in [9.17, 15) is 26.8 Å². The van der Waals surface area contributed by atoms with Gasteiger partial charge in [0.25, 0.3) is 0 Å². The van der Waals surface area contributed by atoms with Gasteiger partial charge in [0.15, 0.2) is 33.0 Å². The van der Waals surface area contributed by atoms with Gasteiger partial charge in [-0.15, -0.1) is 11.8 Å². The van der Waals surface area contributed by atoms with Crippen molar-refractivity contribution in [3.8, 4) is 11.5 Å². The highest BCUT2D eigenvalue weighted by atomic mass is 35.5. The van der Waals surface area contributed by atoms with Crippen molar-refractivity contribution in [2.24, 2.45) is 35.1 Å². The molecular formula is C52H60Cl2F4N2O8S2. The second-order valence-corrected chi connectivity index (χ2v) is 23.9. The van der Waals surface area contributed by atoms with Crippen LogP contribution in [0.3, 0.4) is 0 Å². The second kappa shape index (κ2) is 22.4. The molecule has 2 saturated heterocycles. The van der Waals surface area contributed by atoms with Crippen LogP contribution < -0.4 is 20.9 Å². The average Bonchev–Trinajstić information content (AvgIpc) is 3.30. The Morgan fingerprint density at radius 2 is 1.09 bits per heavy atom. The fraction of sp³-hybridized carbons (Fsp3) is 0.500. The smallest absolute Gasteiger partial charge is 0.236 e. The van der Waals surface area contributed by atoms with E-state index in [1.807, 2.05) is 50.2 Å². The molecule has 4 N–H and O–H groups in total. The Morgan fingerprint density at radius 1 is 0.657 bits per heavy atom. The van der Waals surface area contributed by atoms with Gasteiger partial charge in [0.2, 0.25) is 11.8 Å². The first-order valence-electron chi connectivity index (χ1n) is 23.6. The number of carbonyl (C=O) groups is 2. The number of ether oxygens (including phenoxy) is 4. The van der Waals surface area contributed by atoms with Crippen LogP contribution in [0.1, 0.15) is 75.6 Å². The molecule has 10 nitrogen and oxygen atoms in total. The van der Waals surface area contributed by atoms with E-state index in [2.05, 4.69) is 0 Å². The number of nitrogens with two attached hydrogens (primary N) is 2. The van der Waals surface area contributed by atoms with Crippen LogP contribution in [0.2, 0.25) is 10.0 Å². The third-order valence-electron chi connectivity index (χ3n) is 14.4. The molecule has 380 valence electrons. The number of hydrogen-bond donors (Lipinski definition) is 2. The first kappa shape index (κ1) is 53.7. The molecule has 2 fully saturated rings. The lowest BCUT2D eigenvalue weighted by Gasteiger charge is -2.51. The molecule has 8 rings (SSSR count). The summed E-state index contributed by atoms with van der Waals surface area (Å²) in [6.45, 7) is 8.13. The van der Waals surface area contributed by atoms with Crippen LogP contribution in [0.4, 0.5) is 17.6 Å². The average molecular weight is 1050 g/mol. The monoisotopic (exact) mass is 1050 g/mol. The van der Waals surface area contributed by atoms with Crippen LogP contribution in [-0.4, -0.2) is 80.9 Å². The predicted molar refractivity (Wildman–Crippen MR) is 264 cm³/mol. The highest BCUT2D eigenvalue weighted by Crippen LogP contribution is 2.54. The maximum Gasteiger partial charge on any atom is 0.236 e. The summed E-state index contributed by atoms with van der Waals surface area (Å²) in [5.74, 6) is -4.18. The number of hydrogen-bond acceptors (Lipinski definition) is 9. The Kier molecular flexibility index (Phi) is 17.2. The topological polar surface area (TPSA) is 157 Å². The molecule has 4 aliphatic heterocycles. The van der Waals surface area contributed by atoms with E-state index in [-0.39, 0.29) is 78.2 Å². The van der Waals surface area contributed by atoms with Gasteiger partial charge in [-0.1, -0.05) is 75.2 Å².